The van der Waals surface area contributed by atoms with E-state index in [1.807, 2.05) is 24.3 Å². The van der Waals surface area contributed by atoms with E-state index in [0.717, 1.165) is 82.3 Å². The lowest BCUT2D eigenvalue weighted by Crippen LogP contribution is -1.90. The van der Waals surface area contributed by atoms with Gasteiger partial charge in [-0.15, -0.1) is 0 Å². The first-order valence-electron chi connectivity index (χ1n) is 17.3. The Bertz CT molecular complexity index is 3370. The molecule has 0 atom stereocenters. The molecule has 3 aromatic heterocycles. The van der Waals surface area contributed by atoms with Gasteiger partial charge in [-0.2, -0.15) is 0 Å². The molecule has 12 rings (SSSR count). The minimum absolute atomic E-state index is 0.877. The summed E-state index contributed by atoms with van der Waals surface area (Å²) in [6, 6.07) is 56.1. The number of para-hydroxylation sites is 2. The Hall–Kier alpha value is -6.84. The molecular formula is C48H26O3. The van der Waals surface area contributed by atoms with Gasteiger partial charge in [-0.1, -0.05) is 103 Å². The first-order chi connectivity index (χ1) is 25.3. The second kappa shape index (κ2) is 9.87. The summed E-state index contributed by atoms with van der Waals surface area (Å²) in [5.74, 6) is 0. The molecule has 0 aliphatic carbocycles. The Labute approximate surface area is 290 Å². The van der Waals surface area contributed by atoms with E-state index in [0.29, 0.717) is 0 Å². The van der Waals surface area contributed by atoms with Gasteiger partial charge in [0.15, 0.2) is 0 Å². The third kappa shape index (κ3) is 3.72. The Balaban J connectivity index is 1.12. The zero-order valence-electron chi connectivity index (χ0n) is 27.2. The summed E-state index contributed by atoms with van der Waals surface area (Å²) in [6.07, 6.45) is 0. The number of rotatable bonds is 2. The van der Waals surface area contributed by atoms with E-state index in [1.54, 1.807) is 0 Å². The molecule has 0 saturated heterocycles. The van der Waals surface area contributed by atoms with Gasteiger partial charge < -0.3 is 13.3 Å². The molecule has 3 nitrogen and oxygen atoms in total. The number of benzene rings is 9. The highest BCUT2D eigenvalue weighted by atomic mass is 16.3. The van der Waals surface area contributed by atoms with Crippen LogP contribution in [-0.4, -0.2) is 0 Å². The van der Waals surface area contributed by atoms with Crippen molar-refractivity contribution in [2.75, 3.05) is 0 Å². The third-order valence-electron chi connectivity index (χ3n) is 10.8. The zero-order valence-corrected chi connectivity index (χ0v) is 27.2. The summed E-state index contributed by atoms with van der Waals surface area (Å²) in [5.41, 5.74) is 10.1. The molecule has 3 heteroatoms. The van der Waals surface area contributed by atoms with Crippen LogP contribution in [0.25, 0.3) is 120 Å². The van der Waals surface area contributed by atoms with Crippen LogP contribution >= 0.6 is 0 Å². The van der Waals surface area contributed by atoms with Crippen LogP contribution in [0.5, 0.6) is 0 Å². The number of fused-ring (bicyclic) bond motifs is 13. The lowest BCUT2D eigenvalue weighted by Gasteiger charge is -2.17. The summed E-state index contributed by atoms with van der Waals surface area (Å²) in [4.78, 5) is 0. The predicted octanol–water partition coefficient (Wildman–Crippen LogP) is 14.2. The van der Waals surface area contributed by atoms with Crippen molar-refractivity contribution in [1.29, 1.82) is 0 Å². The van der Waals surface area contributed by atoms with Gasteiger partial charge in [-0.05, 0) is 109 Å². The summed E-state index contributed by atoms with van der Waals surface area (Å²) in [6.45, 7) is 0. The van der Waals surface area contributed by atoms with Crippen molar-refractivity contribution in [3.05, 3.63) is 158 Å². The van der Waals surface area contributed by atoms with Gasteiger partial charge >= 0.3 is 0 Å². The molecule has 0 amide bonds. The van der Waals surface area contributed by atoms with Crippen molar-refractivity contribution in [2.45, 2.75) is 0 Å². The largest absolute Gasteiger partial charge is 0.456 e. The summed E-state index contributed by atoms with van der Waals surface area (Å²) < 4.78 is 19.1. The van der Waals surface area contributed by atoms with Crippen molar-refractivity contribution >= 4 is 98.1 Å². The van der Waals surface area contributed by atoms with E-state index in [9.17, 15) is 0 Å². The third-order valence-corrected chi connectivity index (χ3v) is 10.8. The van der Waals surface area contributed by atoms with Crippen LogP contribution in [0.1, 0.15) is 0 Å². The molecule has 0 unspecified atom stereocenters. The Morgan fingerprint density at radius 3 is 1.43 bits per heavy atom. The van der Waals surface area contributed by atoms with Crippen LogP contribution in [0.4, 0.5) is 0 Å². The van der Waals surface area contributed by atoms with Crippen molar-refractivity contribution in [3.63, 3.8) is 0 Å². The Morgan fingerprint density at radius 1 is 0.255 bits per heavy atom. The number of hydrogen-bond acceptors (Lipinski definition) is 3. The molecule has 236 valence electrons. The molecule has 12 aromatic rings. The van der Waals surface area contributed by atoms with Gasteiger partial charge in [0, 0.05) is 32.3 Å². The maximum atomic E-state index is 6.51. The fourth-order valence-electron chi connectivity index (χ4n) is 8.61. The quantitative estimate of drug-likeness (QED) is 0.175. The molecule has 0 spiro atoms. The van der Waals surface area contributed by atoms with E-state index >= 15 is 0 Å². The maximum absolute atomic E-state index is 6.51. The minimum Gasteiger partial charge on any atom is -0.456 e. The minimum atomic E-state index is 0.877. The molecule has 0 N–H and O–H groups in total. The molecule has 51 heavy (non-hydrogen) atoms. The molecule has 0 fully saturated rings. The summed E-state index contributed by atoms with van der Waals surface area (Å²) >= 11 is 0. The average Bonchev–Trinajstić information content (AvgIpc) is 3.86. The van der Waals surface area contributed by atoms with Crippen LogP contribution in [0, 0.1) is 0 Å². The SMILES string of the molecule is c1ccc2c(c1)oc1cc(-c3c4ccccc4c(-c4ccc5oc6cc7ccc8oc9ccccc9c8c7cc6c5c4)c4ccccc34)ccc12. The van der Waals surface area contributed by atoms with Crippen molar-refractivity contribution in [1.82, 2.24) is 0 Å². The predicted molar refractivity (Wildman–Crippen MR) is 212 cm³/mol. The van der Waals surface area contributed by atoms with Gasteiger partial charge in [-0.3, -0.25) is 0 Å². The summed E-state index contributed by atoms with van der Waals surface area (Å²) in [5, 5.41) is 13.9. The molecular weight excluding hydrogens is 625 g/mol. The molecule has 0 aliphatic rings. The first kappa shape index (κ1) is 27.0. The highest BCUT2D eigenvalue weighted by Gasteiger charge is 2.20. The maximum Gasteiger partial charge on any atom is 0.136 e. The summed E-state index contributed by atoms with van der Waals surface area (Å²) in [7, 11) is 0. The van der Waals surface area contributed by atoms with E-state index in [2.05, 4.69) is 133 Å². The molecule has 3 heterocycles. The van der Waals surface area contributed by atoms with Gasteiger partial charge in [-0.25, -0.2) is 0 Å². The second-order valence-electron chi connectivity index (χ2n) is 13.6. The van der Waals surface area contributed by atoms with Gasteiger partial charge in [0.05, 0.1) is 0 Å². The van der Waals surface area contributed by atoms with E-state index in [-0.39, 0.29) is 0 Å². The molecule has 0 bridgehead atoms. The van der Waals surface area contributed by atoms with Gasteiger partial charge in [0.2, 0.25) is 0 Å². The second-order valence-corrected chi connectivity index (χ2v) is 13.6. The molecule has 9 aromatic carbocycles. The normalized spacial score (nSPS) is 12.3. The van der Waals surface area contributed by atoms with Crippen LogP contribution in [0.15, 0.2) is 171 Å². The fraction of sp³-hybridized carbons (Fsp3) is 0. The molecule has 0 saturated carbocycles. The molecule has 0 radical (unpaired) electrons. The van der Waals surface area contributed by atoms with Crippen molar-refractivity contribution < 1.29 is 13.3 Å². The van der Waals surface area contributed by atoms with E-state index in [1.165, 1.54) is 38.1 Å². The van der Waals surface area contributed by atoms with Gasteiger partial charge in [0.25, 0.3) is 0 Å². The van der Waals surface area contributed by atoms with Crippen LogP contribution in [0.2, 0.25) is 0 Å². The Morgan fingerprint density at radius 2 is 0.725 bits per heavy atom. The van der Waals surface area contributed by atoms with Crippen LogP contribution in [-0.2, 0) is 0 Å². The topological polar surface area (TPSA) is 39.4 Å². The number of hydrogen-bond donors (Lipinski definition) is 0. The van der Waals surface area contributed by atoms with Crippen molar-refractivity contribution in [3.8, 4) is 22.3 Å². The zero-order chi connectivity index (χ0) is 33.2. The standard InChI is InChI=1S/C48H26O3/c1-3-12-34-32(10-1)46(33-11-2-4-13-35(33)47(34)29-17-20-31-30-9-5-7-15-40(30)50-44(31)25-29)28-19-21-42-38(23-28)39-26-37-27(24-45(39)51-42)18-22-43-48(37)36-14-6-8-16-41(36)49-43/h1-26H. The smallest absolute Gasteiger partial charge is 0.136 e. The van der Waals surface area contributed by atoms with E-state index < -0.39 is 0 Å². The highest BCUT2D eigenvalue weighted by molar-refractivity contribution is 6.25. The lowest BCUT2D eigenvalue weighted by molar-refractivity contribution is 0.668. The first-order valence-corrected chi connectivity index (χ1v) is 17.3. The van der Waals surface area contributed by atoms with Gasteiger partial charge in [0.1, 0.15) is 33.5 Å². The fourth-order valence-corrected chi connectivity index (χ4v) is 8.61. The average molecular weight is 651 g/mol. The lowest BCUT2D eigenvalue weighted by atomic mass is 9.85. The van der Waals surface area contributed by atoms with Crippen LogP contribution < -0.4 is 0 Å². The number of furan rings is 3. The Kier molecular flexibility index (Phi) is 5.23. The van der Waals surface area contributed by atoms with Crippen LogP contribution in [0.3, 0.4) is 0 Å². The van der Waals surface area contributed by atoms with Crippen molar-refractivity contribution in [2.24, 2.45) is 0 Å². The monoisotopic (exact) mass is 650 g/mol. The van der Waals surface area contributed by atoms with E-state index in [4.69, 9.17) is 13.3 Å². The molecule has 0 aliphatic heterocycles. The highest BCUT2D eigenvalue weighted by Crippen LogP contribution is 2.46.